The Kier molecular flexibility index (Phi) is 8.31. The first kappa shape index (κ1) is 26.6. The first-order valence-corrected chi connectivity index (χ1v) is 13.0. The van der Waals surface area contributed by atoms with Gasteiger partial charge < -0.3 is 29.6 Å². The molecule has 1 saturated heterocycles. The van der Waals surface area contributed by atoms with Crippen molar-refractivity contribution in [1.82, 2.24) is 9.55 Å². The van der Waals surface area contributed by atoms with Gasteiger partial charge >= 0.3 is 5.97 Å². The number of nitrogens with zero attached hydrogens (tertiary/aromatic N) is 2. The summed E-state index contributed by atoms with van der Waals surface area (Å²) in [7, 11) is 0. The van der Waals surface area contributed by atoms with Crippen molar-refractivity contribution < 1.29 is 29.3 Å². The Morgan fingerprint density at radius 3 is 2.44 bits per heavy atom. The van der Waals surface area contributed by atoms with Gasteiger partial charge in [0.25, 0.3) is 0 Å². The molecule has 3 aromatic carbocycles. The molecule has 1 aliphatic rings. The molecule has 9 nitrogen and oxygen atoms in total. The van der Waals surface area contributed by atoms with Crippen LogP contribution in [-0.4, -0.2) is 37.7 Å². The summed E-state index contributed by atoms with van der Waals surface area (Å²) in [5.74, 6) is -1.14. The molecule has 1 amide bonds. The number of hydrogen-bond donors (Lipinski definition) is 3. The van der Waals surface area contributed by atoms with E-state index >= 15 is 0 Å². The second-order valence-electron chi connectivity index (χ2n) is 9.65. The number of hydrogen-bond acceptors (Lipinski definition) is 6. The lowest BCUT2D eigenvalue weighted by Gasteiger charge is -2.36. The number of rotatable bonds is 10. The molecule has 0 aliphatic carbocycles. The van der Waals surface area contributed by atoms with E-state index in [0.717, 1.165) is 27.7 Å². The van der Waals surface area contributed by atoms with Crippen molar-refractivity contribution in [3.63, 3.8) is 0 Å². The maximum atomic E-state index is 12.1. The zero-order valence-corrected chi connectivity index (χ0v) is 21.4. The lowest BCUT2D eigenvalue weighted by atomic mass is 10.00. The van der Waals surface area contributed by atoms with E-state index in [1.165, 1.54) is 0 Å². The summed E-state index contributed by atoms with van der Waals surface area (Å²) in [6.45, 7) is 0.590. The highest BCUT2D eigenvalue weighted by atomic mass is 16.7. The monoisotopic (exact) mass is 529 g/mol. The number of anilines is 1. The fourth-order valence-corrected chi connectivity index (χ4v) is 4.76. The summed E-state index contributed by atoms with van der Waals surface area (Å²) in [5, 5.41) is 21.0. The third kappa shape index (κ3) is 6.69. The number of imidazole rings is 1. The minimum absolute atomic E-state index is 0.0175. The summed E-state index contributed by atoms with van der Waals surface area (Å²) in [6, 6.07) is 23.0. The quantitative estimate of drug-likeness (QED) is 0.265. The lowest BCUT2D eigenvalue weighted by molar-refractivity contribution is -0.252. The molecule has 39 heavy (non-hydrogen) atoms. The molecule has 3 atom stereocenters. The minimum Gasteiger partial charge on any atom is -0.481 e. The third-order valence-corrected chi connectivity index (χ3v) is 6.80. The van der Waals surface area contributed by atoms with Gasteiger partial charge in [0.1, 0.15) is 0 Å². The van der Waals surface area contributed by atoms with Gasteiger partial charge in [-0.1, -0.05) is 48.5 Å². The average molecular weight is 530 g/mol. The molecule has 1 aliphatic heterocycles. The van der Waals surface area contributed by atoms with Gasteiger partial charge in [0.2, 0.25) is 5.91 Å². The Morgan fingerprint density at radius 1 is 0.949 bits per heavy atom. The molecular formula is C30H31N3O6. The molecule has 0 bridgehead atoms. The highest BCUT2D eigenvalue weighted by Crippen LogP contribution is 2.38. The Labute approximate surface area is 226 Å². The van der Waals surface area contributed by atoms with Gasteiger partial charge in [-0.15, -0.1) is 0 Å². The number of aliphatic hydroxyl groups is 1. The van der Waals surface area contributed by atoms with Crippen LogP contribution < -0.4 is 5.32 Å². The number of nitrogens with one attached hydrogen (secondary N) is 1. The molecule has 0 spiro atoms. The number of fused-ring (bicyclic) bond motifs is 1. The van der Waals surface area contributed by atoms with Gasteiger partial charge in [-0.25, -0.2) is 4.98 Å². The molecule has 0 radical (unpaired) electrons. The van der Waals surface area contributed by atoms with Crippen molar-refractivity contribution >= 4 is 28.6 Å². The van der Waals surface area contributed by atoms with Crippen LogP contribution in [0.15, 0.2) is 79.1 Å². The first-order chi connectivity index (χ1) is 19.0. The van der Waals surface area contributed by atoms with Crippen molar-refractivity contribution in [2.45, 2.75) is 57.3 Å². The van der Waals surface area contributed by atoms with Crippen LogP contribution in [0.5, 0.6) is 0 Å². The second-order valence-corrected chi connectivity index (χ2v) is 9.65. The number of aromatic nitrogens is 2. The van der Waals surface area contributed by atoms with Crippen molar-refractivity contribution in [2.75, 3.05) is 5.32 Å². The summed E-state index contributed by atoms with van der Waals surface area (Å²) in [5.41, 5.74) is 5.24. The van der Waals surface area contributed by atoms with Crippen LogP contribution >= 0.6 is 0 Å². The zero-order valence-electron chi connectivity index (χ0n) is 21.4. The average Bonchev–Trinajstić information content (AvgIpc) is 3.36. The van der Waals surface area contributed by atoms with Gasteiger partial charge in [0, 0.05) is 30.5 Å². The van der Waals surface area contributed by atoms with Gasteiger partial charge in [-0.2, -0.15) is 0 Å². The first-order valence-electron chi connectivity index (χ1n) is 13.0. The number of benzene rings is 3. The molecule has 0 saturated carbocycles. The minimum atomic E-state index is -0.915. The van der Waals surface area contributed by atoms with Crippen molar-refractivity contribution in [3.05, 3.63) is 95.8 Å². The maximum absolute atomic E-state index is 12.1. The van der Waals surface area contributed by atoms with Crippen molar-refractivity contribution in [2.24, 2.45) is 0 Å². The third-order valence-electron chi connectivity index (χ3n) is 6.80. The van der Waals surface area contributed by atoms with E-state index < -0.39 is 12.3 Å². The van der Waals surface area contributed by atoms with E-state index in [0.29, 0.717) is 18.7 Å². The Morgan fingerprint density at radius 2 is 1.69 bits per heavy atom. The molecule has 2 heterocycles. The summed E-state index contributed by atoms with van der Waals surface area (Å²) in [6.07, 6.45) is 1.87. The zero-order chi connectivity index (χ0) is 27.2. The Bertz CT molecular complexity index is 1420. The largest absolute Gasteiger partial charge is 0.481 e. The van der Waals surface area contributed by atoms with Crippen LogP contribution in [0.2, 0.25) is 0 Å². The van der Waals surface area contributed by atoms with Gasteiger partial charge in [-0.05, 0) is 41.8 Å². The van der Waals surface area contributed by atoms with Crippen molar-refractivity contribution in [1.29, 1.82) is 0 Å². The van der Waals surface area contributed by atoms with Crippen LogP contribution in [0.25, 0.3) is 11.0 Å². The number of para-hydroxylation sites is 2. The van der Waals surface area contributed by atoms with Crippen LogP contribution in [0.1, 0.15) is 54.8 Å². The highest BCUT2D eigenvalue weighted by Gasteiger charge is 2.32. The molecule has 0 unspecified atom stereocenters. The van der Waals surface area contributed by atoms with E-state index in [4.69, 9.17) is 14.6 Å². The number of carboxylic acids is 1. The molecule has 5 rings (SSSR count). The number of carbonyl (C=O) groups is 2. The van der Waals surface area contributed by atoms with E-state index in [1.807, 2.05) is 67.0 Å². The molecule has 1 fully saturated rings. The SMILES string of the molecule is O=C(O)CCCC(=O)Nc1ccc([C@H]2O[C@@H](Cn3cnc4ccccc43)C[C@@H](c3ccc(CO)cc3)O2)cc1. The van der Waals surface area contributed by atoms with E-state index in [-0.39, 0.29) is 44.0 Å². The summed E-state index contributed by atoms with van der Waals surface area (Å²) >= 11 is 0. The predicted molar refractivity (Wildman–Crippen MR) is 145 cm³/mol. The fourth-order valence-electron chi connectivity index (χ4n) is 4.76. The standard InChI is InChI=1S/C30H31N3O6/c34-18-20-8-10-21(11-9-20)27-16-24(17-33-19-31-25-4-1-2-5-26(25)33)38-30(39-27)22-12-14-23(15-13-22)32-28(35)6-3-7-29(36)37/h1-2,4-5,8-15,19,24,27,30,34H,3,6-7,16-18H2,(H,32,35)(H,36,37)/t24-,27+,30+/m1/s1. The van der Waals surface area contributed by atoms with Crippen molar-refractivity contribution in [3.8, 4) is 0 Å². The van der Waals surface area contributed by atoms with Crippen LogP contribution in [0.3, 0.4) is 0 Å². The Balaban J connectivity index is 1.32. The number of carbonyl (C=O) groups excluding carboxylic acids is 1. The van der Waals surface area contributed by atoms with Gasteiger partial charge in [-0.3, -0.25) is 9.59 Å². The Hall–Kier alpha value is -4.05. The number of ether oxygens (including phenoxy) is 2. The van der Waals surface area contributed by atoms with E-state index in [2.05, 4.69) is 14.9 Å². The van der Waals surface area contributed by atoms with E-state index in [1.54, 1.807) is 12.1 Å². The molecular weight excluding hydrogens is 498 g/mol. The molecule has 1 aromatic heterocycles. The topological polar surface area (TPSA) is 123 Å². The van der Waals surface area contributed by atoms with Gasteiger partial charge in [0.15, 0.2) is 6.29 Å². The van der Waals surface area contributed by atoms with Gasteiger partial charge in [0.05, 0.1) is 42.7 Å². The molecule has 4 aromatic rings. The second kappa shape index (κ2) is 12.2. The predicted octanol–water partition coefficient (Wildman–Crippen LogP) is 4.97. The molecule has 202 valence electrons. The molecule has 3 N–H and O–H groups in total. The maximum Gasteiger partial charge on any atom is 0.303 e. The highest BCUT2D eigenvalue weighted by molar-refractivity contribution is 5.90. The number of aliphatic carboxylic acids is 1. The van der Waals surface area contributed by atoms with Crippen LogP contribution in [-0.2, 0) is 32.2 Å². The van der Waals surface area contributed by atoms with Crippen LogP contribution in [0.4, 0.5) is 5.69 Å². The van der Waals surface area contributed by atoms with Crippen LogP contribution in [0, 0.1) is 0 Å². The van der Waals surface area contributed by atoms with E-state index in [9.17, 15) is 14.7 Å². The normalized spacial score (nSPS) is 19.2. The fraction of sp³-hybridized carbons (Fsp3) is 0.300. The number of carboxylic acid groups (broad SMARTS) is 1. The summed E-state index contributed by atoms with van der Waals surface area (Å²) < 4.78 is 14.9. The molecule has 9 heteroatoms. The number of aliphatic hydroxyl groups excluding tert-OH is 1. The number of amides is 1. The lowest BCUT2D eigenvalue weighted by Crippen LogP contribution is -2.32. The smallest absolute Gasteiger partial charge is 0.303 e. The summed E-state index contributed by atoms with van der Waals surface area (Å²) in [4.78, 5) is 27.3.